The van der Waals surface area contributed by atoms with Crippen molar-refractivity contribution in [3.63, 3.8) is 0 Å². The summed E-state index contributed by atoms with van der Waals surface area (Å²) in [5.74, 6) is 0.0742. The second kappa shape index (κ2) is 6.58. The fraction of sp³-hybridized carbons (Fsp3) is 0.545. The van der Waals surface area contributed by atoms with Gasteiger partial charge in [-0.15, -0.1) is 11.3 Å². The minimum absolute atomic E-state index is 0.0742. The maximum atomic E-state index is 11.2. The van der Waals surface area contributed by atoms with Crippen LogP contribution in [-0.2, 0) is 11.3 Å². The summed E-state index contributed by atoms with van der Waals surface area (Å²) in [7, 11) is 0. The lowest BCUT2D eigenvalue weighted by Crippen LogP contribution is -2.33. The van der Waals surface area contributed by atoms with E-state index in [2.05, 4.69) is 29.7 Å². The zero-order valence-corrected chi connectivity index (χ0v) is 10.1. The molecule has 0 atom stereocenters. The molecule has 84 valence electrons. The molecule has 1 aromatic heterocycles. The Kier molecular flexibility index (Phi) is 5.36. The molecule has 1 amide bonds. The van der Waals surface area contributed by atoms with Gasteiger partial charge in [0, 0.05) is 22.8 Å². The summed E-state index contributed by atoms with van der Waals surface area (Å²) in [6.45, 7) is 6.07. The van der Waals surface area contributed by atoms with Crippen LogP contribution in [0.5, 0.6) is 0 Å². The number of hydrogen-bond donors (Lipinski definition) is 2. The highest BCUT2D eigenvalue weighted by molar-refractivity contribution is 7.11. The van der Waals surface area contributed by atoms with E-state index in [4.69, 9.17) is 0 Å². The number of thiophene rings is 1. The average Bonchev–Trinajstić information content (AvgIpc) is 2.61. The van der Waals surface area contributed by atoms with Gasteiger partial charge in [-0.1, -0.05) is 6.92 Å². The van der Waals surface area contributed by atoms with Gasteiger partial charge in [0.1, 0.15) is 0 Å². The molecule has 3 nitrogen and oxygen atoms in total. The second-order valence-electron chi connectivity index (χ2n) is 3.47. The topological polar surface area (TPSA) is 41.1 Å². The molecule has 0 aromatic carbocycles. The Morgan fingerprint density at radius 2 is 2.27 bits per heavy atom. The predicted octanol–water partition coefficient (Wildman–Crippen LogP) is 1.67. The van der Waals surface area contributed by atoms with Gasteiger partial charge in [0.15, 0.2) is 0 Å². The molecule has 0 radical (unpaired) electrons. The summed E-state index contributed by atoms with van der Waals surface area (Å²) < 4.78 is 0. The highest BCUT2D eigenvalue weighted by Crippen LogP contribution is 2.14. The molecule has 0 unspecified atom stereocenters. The van der Waals surface area contributed by atoms with Gasteiger partial charge in [-0.2, -0.15) is 0 Å². The van der Waals surface area contributed by atoms with E-state index in [0.29, 0.717) is 6.54 Å². The van der Waals surface area contributed by atoms with Gasteiger partial charge >= 0.3 is 0 Å². The predicted molar refractivity (Wildman–Crippen MR) is 64.1 cm³/mol. The van der Waals surface area contributed by atoms with Crippen molar-refractivity contribution < 1.29 is 4.79 Å². The summed E-state index contributed by atoms with van der Waals surface area (Å²) in [6, 6.07) is 4.19. The van der Waals surface area contributed by atoms with Crippen LogP contribution in [0.3, 0.4) is 0 Å². The minimum atomic E-state index is 0.0742. The Balaban J connectivity index is 2.13. The van der Waals surface area contributed by atoms with Crippen LogP contribution in [0.25, 0.3) is 0 Å². The molecule has 0 fully saturated rings. The van der Waals surface area contributed by atoms with Gasteiger partial charge in [-0.25, -0.2) is 0 Å². The SMILES string of the molecule is CCCNC(=O)CNCc1ccc(C)s1. The zero-order valence-electron chi connectivity index (χ0n) is 9.30. The summed E-state index contributed by atoms with van der Waals surface area (Å²) in [5.41, 5.74) is 0. The lowest BCUT2D eigenvalue weighted by atomic mass is 10.4. The maximum Gasteiger partial charge on any atom is 0.233 e. The number of carbonyl (C=O) groups is 1. The van der Waals surface area contributed by atoms with E-state index >= 15 is 0 Å². The Morgan fingerprint density at radius 3 is 2.87 bits per heavy atom. The highest BCUT2D eigenvalue weighted by atomic mass is 32.1. The molecule has 0 bridgehead atoms. The molecule has 0 saturated heterocycles. The first-order valence-corrected chi connectivity index (χ1v) is 6.06. The summed E-state index contributed by atoms with van der Waals surface area (Å²) in [6.07, 6.45) is 0.982. The molecule has 0 aliphatic heterocycles. The van der Waals surface area contributed by atoms with Crippen molar-refractivity contribution in [2.75, 3.05) is 13.1 Å². The van der Waals surface area contributed by atoms with E-state index in [1.807, 2.05) is 6.92 Å². The normalized spacial score (nSPS) is 10.3. The first-order valence-electron chi connectivity index (χ1n) is 5.25. The van der Waals surface area contributed by atoms with Crippen LogP contribution in [-0.4, -0.2) is 19.0 Å². The number of carbonyl (C=O) groups excluding carboxylic acids is 1. The van der Waals surface area contributed by atoms with E-state index in [1.165, 1.54) is 9.75 Å². The molecule has 4 heteroatoms. The standard InChI is InChI=1S/C11H18N2OS/c1-3-6-13-11(14)8-12-7-10-5-4-9(2)15-10/h4-5,12H,3,6-8H2,1-2H3,(H,13,14). The number of rotatable bonds is 6. The molecule has 0 aliphatic carbocycles. The van der Waals surface area contributed by atoms with Crippen LogP contribution in [0.15, 0.2) is 12.1 Å². The zero-order chi connectivity index (χ0) is 11.1. The van der Waals surface area contributed by atoms with Crippen molar-refractivity contribution in [3.8, 4) is 0 Å². The minimum Gasteiger partial charge on any atom is -0.355 e. The fourth-order valence-corrected chi connectivity index (χ4v) is 2.07. The number of nitrogens with one attached hydrogen (secondary N) is 2. The van der Waals surface area contributed by atoms with Crippen LogP contribution in [0.4, 0.5) is 0 Å². The van der Waals surface area contributed by atoms with Crippen molar-refractivity contribution in [1.82, 2.24) is 10.6 Å². The van der Waals surface area contributed by atoms with Gasteiger partial charge in [0.05, 0.1) is 6.54 Å². The van der Waals surface area contributed by atoms with Crippen LogP contribution < -0.4 is 10.6 Å². The highest BCUT2D eigenvalue weighted by Gasteiger charge is 2.00. The third-order valence-electron chi connectivity index (χ3n) is 1.95. The number of amides is 1. The van der Waals surface area contributed by atoms with Gasteiger partial charge in [0.25, 0.3) is 0 Å². The van der Waals surface area contributed by atoms with Gasteiger partial charge in [-0.3, -0.25) is 4.79 Å². The third-order valence-corrected chi connectivity index (χ3v) is 2.95. The van der Waals surface area contributed by atoms with Crippen molar-refractivity contribution in [2.45, 2.75) is 26.8 Å². The molecular formula is C11H18N2OS. The summed E-state index contributed by atoms with van der Waals surface area (Å²) in [4.78, 5) is 13.8. The quantitative estimate of drug-likeness (QED) is 0.775. The summed E-state index contributed by atoms with van der Waals surface area (Å²) in [5, 5.41) is 5.95. The molecular weight excluding hydrogens is 208 g/mol. The van der Waals surface area contributed by atoms with Gasteiger partial charge in [0.2, 0.25) is 5.91 Å². The van der Waals surface area contributed by atoms with Crippen molar-refractivity contribution >= 4 is 17.2 Å². The molecule has 1 rings (SSSR count). The third kappa shape index (κ3) is 4.95. The Bertz CT molecular complexity index is 309. The Labute approximate surface area is 94.9 Å². The largest absolute Gasteiger partial charge is 0.355 e. The maximum absolute atomic E-state index is 11.2. The lowest BCUT2D eigenvalue weighted by Gasteiger charge is -2.04. The molecule has 0 aliphatic rings. The van der Waals surface area contributed by atoms with E-state index in [9.17, 15) is 4.79 Å². The molecule has 0 spiro atoms. The first kappa shape index (κ1) is 12.2. The van der Waals surface area contributed by atoms with Crippen LogP contribution in [0.1, 0.15) is 23.1 Å². The van der Waals surface area contributed by atoms with Crippen LogP contribution in [0, 0.1) is 6.92 Å². The van der Waals surface area contributed by atoms with E-state index in [1.54, 1.807) is 11.3 Å². The monoisotopic (exact) mass is 226 g/mol. The molecule has 15 heavy (non-hydrogen) atoms. The van der Waals surface area contributed by atoms with E-state index in [-0.39, 0.29) is 5.91 Å². The average molecular weight is 226 g/mol. The summed E-state index contributed by atoms with van der Waals surface area (Å²) >= 11 is 1.76. The molecule has 1 aromatic rings. The van der Waals surface area contributed by atoms with E-state index < -0.39 is 0 Å². The second-order valence-corrected chi connectivity index (χ2v) is 4.84. The Morgan fingerprint density at radius 1 is 1.47 bits per heavy atom. The van der Waals surface area contributed by atoms with Gasteiger partial charge < -0.3 is 10.6 Å². The lowest BCUT2D eigenvalue weighted by molar-refractivity contribution is -0.120. The Hall–Kier alpha value is -0.870. The smallest absolute Gasteiger partial charge is 0.233 e. The molecule has 0 saturated carbocycles. The van der Waals surface area contributed by atoms with Crippen LogP contribution >= 0.6 is 11.3 Å². The fourth-order valence-electron chi connectivity index (χ4n) is 1.21. The number of aryl methyl sites for hydroxylation is 1. The molecule has 2 N–H and O–H groups in total. The van der Waals surface area contributed by atoms with Gasteiger partial charge in [-0.05, 0) is 25.5 Å². The molecule has 1 heterocycles. The van der Waals surface area contributed by atoms with Crippen LogP contribution in [0.2, 0.25) is 0 Å². The van der Waals surface area contributed by atoms with Crippen molar-refractivity contribution in [1.29, 1.82) is 0 Å². The van der Waals surface area contributed by atoms with E-state index in [0.717, 1.165) is 19.5 Å². The van der Waals surface area contributed by atoms with Crippen molar-refractivity contribution in [2.24, 2.45) is 0 Å². The van der Waals surface area contributed by atoms with Crippen molar-refractivity contribution in [3.05, 3.63) is 21.9 Å². The number of hydrogen-bond acceptors (Lipinski definition) is 3. The first-order chi connectivity index (χ1) is 7.22.